The molecule has 0 saturated carbocycles. The van der Waals surface area contributed by atoms with Crippen LogP contribution in [0.2, 0.25) is 5.02 Å². The van der Waals surface area contributed by atoms with Gasteiger partial charge in [-0.2, -0.15) is 0 Å². The number of tetrazole rings is 1. The van der Waals surface area contributed by atoms with E-state index < -0.39 is 5.91 Å². The average molecular weight is 401 g/mol. The van der Waals surface area contributed by atoms with E-state index in [2.05, 4.69) is 20.8 Å². The number of aryl methyl sites for hydroxylation is 1. The number of primary amides is 1. The Labute approximate surface area is 160 Å². The first kappa shape index (κ1) is 20.3. The topological polar surface area (TPSA) is 117 Å². The summed E-state index contributed by atoms with van der Waals surface area (Å²) in [6.07, 6.45) is 0. The standard InChI is InChI=1S/C15H21ClN6O3S/c1-3-24-12-7-10(6-11(16)14(12)25-9-13(17)23)8-18-4-5-26-15-19-20-21-22(15)2/h6-7,18H,3-5,8-9H2,1-2H3,(H2,17,23). The van der Waals surface area contributed by atoms with Gasteiger partial charge in [-0.05, 0) is 35.0 Å². The fraction of sp³-hybridized carbons (Fsp3) is 0.467. The van der Waals surface area contributed by atoms with Crippen LogP contribution in [-0.2, 0) is 18.4 Å². The summed E-state index contributed by atoms with van der Waals surface area (Å²) in [5, 5.41) is 15.7. The Morgan fingerprint density at radius 2 is 2.23 bits per heavy atom. The van der Waals surface area contributed by atoms with Gasteiger partial charge in [-0.3, -0.25) is 4.79 Å². The minimum atomic E-state index is -0.579. The van der Waals surface area contributed by atoms with E-state index in [1.807, 2.05) is 13.0 Å². The summed E-state index contributed by atoms with van der Waals surface area (Å²) in [5.74, 6) is 1.05. The van der Waals surface area contributed by atoms with Crippen molar-refractivity contribution in [3.05, 3.63) is 22.7 Å². The zero-order valence-electron chi connectivity index (χ0n) is 14.6. The van der Waals surface area contributed by atoms with Gasteiger partial charge in [-0.1, -0.05) is 23.4 Å². The Bertz CT molecular complexity index is 742. The Kier molecular flexibility index (Phi) is 7.95. The molecule has 1 amide bonds. The van der Waals surface area contributed by atoms with Gasteiger partial charge in [0.1, 0.15) is 0 Å². The average Bonchev–Trinajstić information content (AvgIpc) is 2.99. The predicted octanol–water partition coefficient (Wildman–Crippen LogP) is 1.01. The number of nitrogens with two attached hydrogens (primary N) is 1. The van der Waals surface area contributed by atoms with Crippen LogP contribution in [0.25, 0.3) is 0 Å². The van der Waals surface area contributed by atoms with Crippen molar-refractivity contribution in [1.29, 1.82) is 0 Å². The summed E-state index contributed by atoms with van der Waals surface area (Å²) in [4.78, 5) is 10.9. The number of carbonyl (C=O) groups is 1. The number of benzene rings is 1. The fourth-order valence-corrected chi connectivity index (χ4v) is 3.09. The highest BCUT2D eigenvalue weighted by Gasteiger charge is 2.13. The molecule has 26 heavy (non-hydrogen) atoms. The maximum absolute atomic E-state index is 10.9. The molecule has 9 nitrogen and oxygen atoms in total. The molecule has 11 heteroatoms. The number of amides is 1. The van der Waals surface area contributed by atoms with Gasteiger partial charge >= 0.3 is 0 Å². The molecule has 0 aliphatic rings. The second-order valence-electron chi connectivity index (χ2n) is 5.20. The third kappa shape index (κ3) is 6.04. The number of thioether (sulfide) groups is 1. The molecule has 0 spiro atoms. The summed E-state index contributed by atoms with van der Waals surface area (Å²) < 4.78 is 12.5. The molecule has 1 heterocycles. The second kappa shape index (κ2) is 10.2. The molecule has 142 valence electrons. The Morgan fingerprint density at radius 1 is 1.42 bits per heavy atom. The van der Waals surface area contributed by atoms with Crippen LogP contribution in [0.15, 0.2) is 17.3 Å². The number of nitrogens with one attached hydrogen (secondary N) is 1. The lowest BCUT2D eigenvalue weighted by atomic mass is 10.2. The van der Waals surface area contributed by atoms with E-state index in [1.54, 1.807) is 29.6 Å². The maximum Gasteiger partial charge on any atom is 0.255 e. The molecular formula is C15H21ClN6O3S. The van der Waals surface area contributed by atoms with Crippen molar-refractivity contribution in [1.82, 2.24) is 25.5 Å². The molecule has 0 unspecified atom stereocenters. The minimum absolute atomic E-state index is 0.258. The summed E-state index contributed by atoms with van der Waals surface area (Å²) in [7, 11) is 1.80. The van der Waals surface area contributed by atoms with Crippen LogP contribution in [-0.4, -0.2) is 51.6 Å². The number of hydrogen-bond acceptors (Lipinski definition) is 8. The van der Waals surface area contributed by atoms with Crippen molar-refractivity contribution in [2.75, 3.05) is 25.5 Å². The first-order chi connectivity index (χ1) is 12.5. The molecule has 0 atom stereocenters. The van der Waals surface area contributed by atoms with E-state index in [-0.39, 0.29) is 6.61 Å². The molecule has 0 aliphatic heterocycles. The molecule has 2 rings (SSSR count). The van der Waals surface area contributed by atoms with Crippen LogP contribution < -0.4 is 20.5 Å². The van der Waals surface area contributed by atoms with Crippen LogP contribution in [0.4, 0.5) is 0 Å². The zero-order chi connectivity index (χ0) is 18.9. The van der Waals surface area contributed by atoms with Crippen molar-refractivity contribution in [2.24, 2.45) is 12.8 Å². The molecule has 1 aromatic heterocycles. The lowest BCUT2D eigenvalue weighted by molar-refractivity contribution is -0.119. The lowest BCUT2D eigenvalue weighted by Crippen LogP contribution is -2.20. The third-order valence-corrected chi connectivity index (χ3v) is 4.44. The Morgan fingerprint density at radius 3 is 2.88 bits per heavy atom. The van der Waals surface area contributed by atoms with Crippen molar-refractivity contribution in [3.63, 3.8) is 0 Å². The summed E-state index contributed by atoms with van der Waals surface area (Å²) in [5.41, 5.74) is 6.05. The highest BCUT2D eigenvalue weighted by atomic mass is 35.5. The number of carbonyl (C=O) groups excluding carboxylic acids is 1. The van der Waals surface area contributed by atoms with E-state index in [0.717, 1.165) is 23.0 Å². The van der Waals surface area contributed by atoms with Crippen molar-refractivity contribution in [2.45, 2.75) is 18.6 Å². The second-order valence-corrected chi connectivity index (χ2v) is 6.67. The van der Waals surface area contributed by atoms with Gasteiger partial charge < -0.3 is 20.5 Å². The lowest BCUT2D eigenvalue weighted by Gasteiger charge is -2.15. The maximum atomic E-state index is 10.9. The number of rotatable bonds is 11. The molecule has 3 N–H and O–H groups in total. The molecule has 2 aromatic rings. The molecule has 0 fully saturated rings. The molecule has 0 aliphatic carbocycles. The van der Waals surface area contributed by atoms with Crippen LogP contribution in [0.5, 0.6) is 11.5 Å². The largest absolute Gasteiger partial charge is 0.490 e. The summed E-state index contributed by atoms with van der Waals surface area (Å²) >= 11 is 7.83. The van der Waals surface area contributed by atoms with Crippen molar-refractivity contribution in [3.8, 4) is 11.5 Å². The minimum Gasteiger partial charge on any atom is -0.490 e. The summed E-state index contributed by atoms with van der Waals surface area (Å²) in [6, 6.07) is 3.60. The van der Waals surface area contributed by atoms with Crippen LogP contribution in [0.3, 0.4) is 0 Å². The molecule has 1 aromatic carbocycles. The van der Waals surface area contributed by atoms with Crippen molar-refractivity contribution >= 4 is 29.3 Å². The van der Waals surface area contributed by atoms with Gasteiger partial charge in [0.25, 0.3) is 5.91 Å². The normalized spacial score (nSPS) is 10.7. The smallest absolute Gasteiger partial charge is 0.255 e. The van der Waals surface area contributed by atoms with E-state index in [0.29, 0.717) is 29.7 Å². The van der Waals surface area contributed by atoms with Gasteiger partial charge in [0.05, 0.1) is 11.6 Å². The van der Waals surface area contributed by atoms with Crippen molar-refractivity contribution < 1.29 is 14.3 Å². The van der Waals surface area contributed by atoms with Crippen LogP contribution >= 0.6 is 23.4 Å². The van der Waals surface area contributed by atoms with E-state index in [9.17, 15) is 4.79 Å². The summed E-state index contributed by atoms with van der Waals surface area (Å²) in [6.45, 7) is 3.41. The van der Waals surface area contributed by atoms with Crippen LogP contribution in [0, 0.1) is 0 Å². The van der Waals surface area contributed by atoms with Gasteiger partial charge in [-0.25, -0.2) is 4.68 Å². The number of halogens is 1. The molecule has 0 radical (unpaired) electrons. The van der Waals surface area contributed by atoms with E-state index in [1.165, 1.54) is 0 Å². The van der Waals surface area contributed by atoms with Crippen LogP contribution in [0.1, 0.15) is 12.5 Å². The zero-order valence-corrected chi connectivity index (χ0v) is 16.1. The SMILES string of the molecule is CCOc1cc(CNCCSc2nnnn2C)cc(Cl)c1OCC(N)=O. The van der Waals surface area contributed by atoms with E-state index in [4.69, 9.17) is 26.8 Å². The highest BCUT2D eigenvalue weighted by Crippen LogP contribution is 2.36. The quantitative estimate of drug-likeness (QED) is 0.424. The Hall–Kier alpha value is -2.04. The first-order valence-electron chi connectivity index (χ1n) is 7.93. The molecule has 0 bridgehead atoms. The van der Waals surface area contributed by atoms with E-state index >= 15 is 0 Å². The number of hydrogen-bond donors (Lipinski definition) is 2. The molecule has 0 saturated heterocycles. The predicted molar refractivity (Wildman–Crippen MR) is 98.5 cm³/mol. The number of aromatic nitrogens is 4. The Balaban J connectivity index is 1.89. The monoisotopic (exact) mass is 400 g/mol. The molecular weight excluding hydrogens is 380 g/mol. The third-order valence-electron chi connectivity index (χ3n) is 3.15. The van der Waals surface area contributed by atoms with Gasteiger partial charge in [0.2, 0.25) is 5.16 Å². The number of nitrogens with zero attached hydrogens (tertiary/aromatic N) is 4. The van der Waals surface area contributed by atoms with Gasteiger partial charge in [-0.15, -0.1) is 5.10 Å². The number of ether oxygens (including phenoxy) is 2. The van der Waals surface area contributed by atoms with Gasteiger partial charge in [0, 0.05) is 25.9 Å². The highest BCUT2D eigenvalue weighted by molar-refractivity contribution is 7.99. The fourth-order valence-electron chi connectivity index (χ4n) is 2.06. The first-order valence-corrected chi connectivity index (χ1v) is 9.29. The van der Waals surface area contributed by atoms with Gasteiger partial charge in [0.15, 0.2) is 18.1 Å².